The normalized spacial score (nSPS) is 28.5. The van der Waals surface area contributed by atoms with Crippen molar-refractivity contribution >= 4 is 21.9 Å². The third-order valence-electron chi connectivity index (χ3n) is 6.11. The summed E-state index contributed by atoms with van der Waals surface area (Å²) in [5, 5.41) is 10.3. The SMILES string of the molecule is CN1CC[C@@H](n2c(C3CC(C)(F)C3)nc3cnc4ccc(C#N)cc4c32)C1. The Balaban J connectivity index is 1.77. The number of benzene rings is 1. The van der Waals surface area contributed by atoms with Gasteiger partial charge in [-0.05, 0) is 58.0 Å². The zero-order valence-electron chi connectivity index (χ0n) is 15.6. The zero-order chi connectivity index (χ0) is 18.8. The molecule has 6 heteroatoms. The van der Waals surface area contributed by atoms with E-state index in [0.29, 0.717) is 24.4 Å². The molecule has 138 valence electrons. The van der Waals surface area contributed by atoms with Gasteiger partial charge in [-0.1, -0.05) is 0 Å². The highest BCUT2D eigenvalue weighted by molar-refractivity contribution is 6.03. The number of hydrogen-bond acceptors (Lipinski definition) is 4. The second-order valence-electron chi connectivity index (χ2n) is 8.40. The minimum atomic E-state index is -1.09. The van der Waals surface area contributed by atoms with Crippen LogP contribution in [-0.2, 0) is 0 Å². The van der Waals surface area contributed by atoms with Gasteiger partial charge >= 0.3 is 0 Å². The first-order valence-electron chi connectivity index (χ1n) is 9.53. The summed E-state index contributed by atoms with van der Waals surface area (Å²) in [5.74, 6) is 1.13. The van der Waals surface area contributed by atoms with Gasteiger partial charge in [0.05, 0.1) is 28.9 Å². The van der Waals surface area contributed by atoms with Crippen LogP contribution in [0.5, 0.6) is 0 Å². The molecule has 1 aliphatic heterocycles. The highest BCUT2D eigenvalue weighted by Crippen LogP contribution is 2.48. The minimum Gasteiger partial charge on any atom is -0.323 e. The number of nitrogens with zero attached hydrogens (tertiary/aromatic N) is 5. The van der Waals surface area contributed by atoms with E-state index in [9.17, 15) is 9.65 Å². The second kappa shape index (κ2) is 5.74. The summed E-state index contributed by atoms with van der Waals surface area (Å²) in [4.78, 5) is 11.8. The van der Waals surface area contributed by atoms with E-state index in [2.05, 4.69) is 27.6 Å². The molecule has 0 spiro atoms. The van der Waals surface area contributed by atoms with Crippen LogP contribution in [0.2, 0.25) is 0 Å². The van der Waals surface area contributed by atoms with Crippen molar-refractivity contribution in [3.05, 3.63) is 35.8 Å². The first-order chi connectivity index (χ1) is 12.9. The molecule has 1 atom stereocenters. The van der Waals surface area contributed by atoms with Gasteiger partial charge in [0.25, 0.3) is 0 Å². The van der Waals surface area contributed by atoms with Crippen molar-refractivity contribution in [1.29, 1.82) is 5.26 Å². The van der Waals surface area contributed by atoms with Gasteiger partial charge in [0, 0.05) is 23.9 Å². The van der Waals surface area contributed by atoms with Crippen LogP contribution in [0.1, 0.15) is 49.5 Å². The van der Waals surface area contributed by atoms with Crippen molar-refractivity contribution < 1.29 is 4.39 Å². The van der Waals surface area contributed by atoms with E-state index in [1.807, 2.05) is 18.3 Å². The molecule has 5 nitrogen and oxygen atoms in total. The van der Waals surface area contributed by atoms with E-state index in [0.717, 1.165) is 47.3 Å². The molecule has 3 heterocycles. The molecule has 27 heavy (non-hydrogen) atoms. The maximum atomic E-state index is 14.2. The third kappa shape index (κ3) is 2.61. The van der Waals surface area contributed by atoms with Gasteiger partial charge in [0.2, 0.25) is 0 Å². The van der Waals surface area contributed by atoms with E-state index in [1.54, 1.807) is 13.0 Å². The molecule has 5 rings (SSSR count). The van der Waals surface area contributed by atoms with Crippen LogP contribution in [0.15, 0.2) is 24.4 Å². The van der Waals surface area contributed by atoms with E-state index >= 15 is 0 Å². The lowest BCUT2D eigenvalue weighted by Gasteiger charge is -2.39. The predicted octanol–water partition coefficient (Wildman–Crippen LogP) is 3.94. The Morgan fingerprint density at radius 3 is 2.78 bits per heavy atom. The fraction of sp³-hybridized carbons (Fsp3) is 0.476. The first kappa shape index (κ1) is 16.6. The molecule has 0 bridgehead atoms. The molecule has 2 aliphatic rings. The van der Waals surface area contributed by atoms with E-state index in [-0.39, 0.29) is 5.92 Å². The zero-order valence-corrected chi connectivity index (χ0v) is 15.6. The Labute approximate surface area is 157 Å². The van der Waals surface area contributed by atoms with Gasteiger partial charge in [-0.2, -0.15) is 5.26 Å². The summed E-state index contributed by atoms with van der Waals surface area (Å²) in [5.41, 5.74) is 2.28. The number of nitriles is 1. The fourth-order valence-corrected chi connectivity index (χ4v) is 4.79. The summed E-state index contributed by atoms with van der Waals surface area (Å²) in [6.07, 6.45) is 3.91. The summed E-state index contributed by atoms with van der Waals surface area (Å²) in [7, 11) is 2.13. The quantitative estimate of drug-likeness (QED) is 0.692. The van der Waals surface area contributed by atoms with Crippen molar-refractivity contribution in [2.75, 3.05) is 20.1 Å². The Hall–Kier alpha value is -2.52. The number of likely N-dealkylation sites (tertiary alicyclic amines) is 1. The fourth-order valence-electron chi connectivity index (χ4n) is 4.79. The average Bonchev–Trinajstić information content (AvgIpc) is 3.22. The standard InChI is InChI=1S/C21H22FN5/c1-21(22)8-14(9-21)20-25-18-11-24-17-4-3-13(10-23)7-16(17)19(18)27(20)15-5-6-26(2)12-15/h3-4,7,11,14-15H,5-6,8-9,12H2,1-2H3/t14?,15-,21?/m1/s1. The van der Waals surface area contributed by atoms with Crippen LogP contribution in [0.25, 0.3) is 21.9 Å². The maximum absolute atomic E-state index is 14.2. The highest BCUT2D eigenvalue weighted by atomic mass is 19.1. The minimum absolute atomic E-state index is 0.146. The molecule has 0 amide bonds. The smallest absolute Gasteiger partial charge is 0.113 e. The van der Waals surface area contributed by atoms with Crippen molar-refractivity contribution in [2.24, 2.45) is 0 Å². The molecule has 0 unspecified atom stereocenters. The van der Waals surface area contributed by atoms with Gasteiger partial charge in [0.15, 0.2) is 0 Å². The third-order valence-corrected chi connectivity index (χ3v) is 6.11. The second-order valence-corrected chi connectivity index (χ2v) is 8.40. The average molecular weight is 363 g/mol. The van der Waals surface area contributed by atoms with Crippen molar-refractivity contribution in [2.45, 2.75) is 43.8 Å². The topological polar surface area (TPSA) is 57.7 Å². The molecule has 1 saturated heterocycles. The number of halogens is 1. The van der Waals surface area contributed by atoms with E-state index in [1.165, 1.54) is 0 Å². The van der Waals surface area contributed by atoms with Crippen molar-refractivity contribution in [1.82, 2.24) is 19.4 Å². The largest absolute Gasteiger partial charge is 0.323 e. The summed E-state index contributed by atoms with van der Waals surface area (Å²) in [6.45, 7) is 3.68. The van der Waals surface area contributed by atoms with E-state index in [4.69, 9.17) is 4.98 Å². The molecule has 1 saturated carbocycles. The summed E-state index contributed by atoms with van der Waals surface area (Å²) < 4.78 is 16.6. The van der Waals surface area contributed by atoms with Gasteiger partial charge in [-0.25, -0.2) is 9.37 Å². The van der Waals surface area contributed by atoms with Crippen LogP contribution < -0.4 is 0 Å². The van der Waals surface area contributed by atoms with Crippen LogP contribution in [-0.4, -0.2) is 45.2 Å². The molecule has 1 aliphatic carbocycles. The van der Waals surface area contributed by atoms with E-state index < -0.39 is 5.67 Å². The molecule has 0 radical (unpaired) electrons. The maximum Gasteiger partial charge on any atom is 0.113 e. The molecular formula is C21H22FN5. The van der Waals surface area contributed by atoms with Gasteiger partial charge in [-0.15, -0.1) is 0 Å². The lowest BCUT2D eigenvalue weighted by Crippen LogP contribution is -2.37. The summed E-state index contributed by atoms with van der Waals surface area (Å²) in [6, 6.07) is 8.15. The molecular weight excluding hydrogens is 341 g/mol. The Bertz CT molecular complexity index is 1090. The molecule has 2 aromatic heterocycles. The van der Waals surface area contributed by atoms with Crippen LogP contribution >= 0.6 is 0 Å². The van der Waals surface area contributed by atoms with Crippen LogP contribution in [0.4, 0.5) is 4.39 Å². The number of fused-ring (bicyclic) bond motifs is 3. The van der Waals surface area contributed by atoms with Crippen molar-refractivity contribution in [3.63, 3.8) is 0 Å². The number of aromatic nitrogens is 3. The Morgan fingerprint density at radius 2 is 2.11 bits per heavy atom. The molecule has 3 aromatic rings. The lowest BCUT2D eigenvalue weighted by molar-refractivity contribution is 0.0564. The monoisotopic (exact) mass is 363 g/mol. The number of hydrogen-bond donors (Lipinski definition) is 0. The molecule has 0 N–H and O–H groups in total. The van der Waals surface area contributed by atoms with Crippen LogP contribution in [0.3, 0.4) is 0 Å². The van der Waals surface area contributed by atoms with Gasteiger partial charge in [-0.3, -0.25) is 4.98 Å². The Kier molecular flexibility index (Phi) is 3.54. The lowest BCUT2D eigenvalue weighted by atomic mass is 9.73. The summed E-state index contributed by atoms with van der Waals surface area (Å²) >= 11 is 0. The van der Waals surface area contributed by atoms with Gasteiger partial charge < -0.3 is 9.47 Å². The number of rotatable bonds is 2. The predicted molar refractivity (Wildman–Crippen MR) is 102 cm³/mol. The molecule has 1 aromatic carbocycles. The first-order valence-corrected chi connectivity index (χ1v) is 9.53. The highest BCUT2D eigenvalue weighted by Gasteiger charge is 2.44. The van der Waals surface area contributed by atoms with Crippen LogP contribution in [0, 0.1) is 11.3 Å². The number of alkyl halides is 1. The molecule has 2 fully saturated rings. The number of likely N-dealkylation sites (N-methyl/N-ethyl adjacent to an activating group) is 1. The van der Waals surface area contributed by atoms with Crippen molar-refractivity contribution in [3.8, 4) is 6.07 Å². The number of pyridine rings is 1. The number of imidazole rings is 1. The Morgan fingerprint density at radius 1 is 1.30 bits per heavy atom. The van der Waals surface area contributed by atoms with Gasteiger partial charge in [0.1, 0.15) is 17.0 Å².